The maximum absolute atomic E-state index is 12.4. The van der Waals surface area contributed by atoms with Crippen molar-refractivity contribution < 1.29 is 14.3 Å². The van der Waals surface area contributed by atoms with Crippen LogP contribution >= 0.6 is 11.6 Å². The molecule has 7 heteroatoms. The number of carbonyl (C=O) groups excluding carboxylic acids is 1. The van der Waals surface area contributed by atoms with E-state index < -0.39 is 0 Å². The smallest absolute Gasteiger partial charge is 0.257 e. The zero-order chi connectivity index (χ0) is 17.2. The zero-order valence-corrected chi connectivity index (χ0v) is 13.9. The average molecular weight is 356 g/mol. The van der Waals surface area contributed by atoms with Crippen LogP contribution in [0, 0.1) is 0 Å². The molecule has 2 aromatic carbocycles. The van der Waals surface area contributed by atoms with Crippen molar-refractivity contribution in [3.8, 4) is 11.5 Å². The van der Waals surface area contributed by atoms with Gasteiger partial charge in [0.15, 0.2) is 17.3 Å². The van der Waals surface area contributed by atoms with Gasteiger partial charge in [-0.1, -0.05) is 41.9 Å². The van der Waals surface area contributed by atoms with Crippen LogP contribution in [0.5, 0.6) is 11.5 Å². The number of fused-ring (bicyclic) bond motifs is 1. The molecule has 1 aromatic heterocycles. The normalized spacial score (nSPS) is 12.2. The highest BCUT2D eigenvalue weighted by Gasteiger charge is 2.18. The van der Waals surface area contributed by atoms with E-state index in [0.717, 1.165) is 5.56 Å². The van der Waals surface area contributed by atoms with E-state index in [4.69, 9.17) is 21.1 Å². The molecule has 0 saturated heterocycles. The van der Waals surface area contributed by atoms with E-state index in [-0.39, 0.29) is 12.7 Å². The predicted molar refractivity (Wildman–Crippen MR) is 93.3 cm³/mol. The van der Waals surface area contributed by atoms with Gasteiger partial charge in [-0.15, -0.1) is 0 Å². The van der Waals surface area contributed by atoms with Crippen LogP contribution in [0.25, 0.3) is 0 Å². The second kappa shape index (κ2) is 6.49. The Morgan fingerprint density at radius 3 is 2.80 bits per heavy atom. The molecular weight excluding hydrogens is 342 g/mol. The highest BCUT2D eigenvalue weighted by Crippen LogP contribution is 2.32. The lowest BCUT2D eigenvalue weighted by atomic mass is 10.2. The fourth-order valence-electron chi connectivity index (χ4n) is 2.55. The molecule has 1 aliphatic heterocycles. The first-order chi connectivity index (χ1) is 12.2. The van der Waals surface area contributed by atoms with Gasteiger partial charge in [0.25, 0.3) is 5.91 Å². The van der Waals surface area contributed by atoms with E-state index >= 15 is 0 Å². The van der Waals surface area contributed by atoms with Crippen LogP contribution in [0.3, 0.4) is 0 Å². The summed E-state index contributed by atoms with van der Waals surface area (Å²) in [7, 11) is 0. The fourth-order valence-corrected chi connectivity index (χ4v) is 2.75. The van der Waals surface area contributed by atoms with Crippen molar-refractivity contribution in [2.45, 2.75) is 6.54 Å². The van der Waals surface area contributed by atoms with Gasteiger partial charge in [0.1, 0.15) is 5.02 Å². The summed E-state index contributed by atoms with van der Waals surface area (Å²) in [6.45, 7) is 0.733. The molecule has 4 rings (SSSR count). The number of hydrogen-bond acceptors (Lipinski definition) is 4. The predicted octanol–water partition coefficient (Wildman–Crippen LogP) is 3.57. The monoisotopic (exact) mass is 355 g/mol. The Bertz CT molecular complexity index is 925. The summed E-state index contributed by atoms with van der Waals surface area (Å²) in [6.07, 6.45) is 1.68. The van der Waals surface area contributed by atoms with E-state index in [1.54, 1.807) is 29.1 Å². The molecule has 0 spiro atoms. The van der Waals surface area contributed by atoms with Crippen molar-refractivity contribution in [2.24, 2.45) is 0 Å². The van der Waals surface area contributed by atoms with Gasteiger partial charge in [-0.2, -0.15) is 5.10 Å². The molecule has 0 aliphatic carbocycles. The molecule has 0 radical (unpaired) electrons. The van der Waals surface area contributed by atoms with Crippen molar-refractivity contribution in [3.63, 3.8) is 0 Å². The van der Waals surface area contributed by atoms with Crippen LogP contribution in [-0.4, -0.2) is 22.5 Å². The Kier molecular flexibility index (Phi) is 4.03. The second-order valence-electron chi connectivity index (χ2n) is 5.53. The van der Waals surface area contributed by atoms with Crippen LogP contribution < -0.4 is 14.8 Å². The lowest BCUT2D eigenvalue weighted by Crippen LogP contribution is -2.13. The number of nitrogens with zero attached hydrogens (tertiary/aromatic N) is 2. The van der Waals surface area contributed by atoms with Crippen LogP contribution in [-0.2, 0) is 6.54 Å². The number of carbonyl (C=O) groups is 1. The number of hydrogen-bond donors (Lipinski definition) is 1. The van der Waals surface area contributed by atoms with E-state index in [2.05, 4.69) is 10.4 Å². The van der Waals surface area contributed by atoms with Gasteiger partial charge >= 0.3 is 0 Å². The molecule has 6 nitrogen and oxygen atoms in total. The largest absolute Gasteiger partial charge is 0.454 e. The van der Waals surface area contributed by atoms with E-state index in [0.29, 0.717) is 34.4 Å². The third-order valence-electron chi connectivity index (χ3n) is 3.77. The van der Waals surface area contributed by atoms with Crippen molar-refractivity contribution in [1.29, 1.82) is 0 Å². The number of nitrogens with one attached hydrogen (secondary N) is 1. The maximum Gasteiger partial charge on any atom is 0.257 e. The Morgan fingerprint density at radius 1 is 1.16 bits per heavy atom. The molecule has 2 heterocycles. The minimum absolute atomic E-state index is 0.163. The Labute approximate surface area is 148 Å². The van der Waals surface area contributed by atoms with E-state index in [1.165, 1.54) is 0 Å². The average Bonchev–Trinajstić information content (AvgIpc) is 3.22. The van der Waals surface area contributed by atoms with E-state index in [1.807, 2.05) is 30.3 Å². The number of anilines is 1. The molecule has 1 aliphatic rings. The van der Waals surface area contributed by atoms with Gasteiger partial charge in [-0.25, -0.2) is 0 Å². The number of amides is 1. The highest BCUT2D eigenvalue weighted by atomic mass is 35.5. The first kappa shape index (κ1) is 15.5. The SMILES string of the molecule is O=C(Nc1nn(Cc2ccccc2)cc1Cl)c1ccc2c(c1)OCO2. The molecule has 0 saturated carbocycles. The highest BCUT2D eigenvalue weighted by molar-refractivity contribution is 6.33. The number of rotatable bonds is 4. The molecule has 3 aromatic rings. The van der Waals surface area contributed by atoms with Gasteiger partial charge in [0.05, 0.1) is 6.54 Å². The lowest BCUT2D eigenvalue weighted by Gasteiger charge is -2.04. The third kappa shape index (κ3) is 3.29. The summed E-state index contributed by atoms with van der Waals surface area (Å²) in [5.74, 6) is 1.18. The molecule has 1 amide bonds. The molecule has 126 valence electrons. The van der Waals surface area contributed by atoms with Crippen LogP contribution in [0.2, 0.25) is 5.02 Å². The summed E-state index contributed by atoms with van der Waals surface area (Å²) in [5.41, 5.74) is 1.54. The van der Waals surface area contributed by atoms with Crippen molar-refractivity contribution in [2.75, 3.05) is 12.1 Å². The fraction of sp³-hybridized carbons (Fsp3) is 0.111. The van der Waals surface area contributed by atoms with Crippen molar-refractivity contribution in [3.05, 3.63) is 70.9 Å². The zero-order valence-electron chi connectivity index (χ0n) is 13.1. The first-order valence-electron chi connectivity index (χ1n) is 7.67. The van der Waals surface area contributed by atoms with Crippen molar-refractivity contribution in [1.82, 2.24) is 9.78 Å². The molecule has 0 unspecified atom stereocenters. The second-order valence-corrected chi connectivity index (χ2v) is 5.94. The van der Waals surface area contributed by atoms with E-state index in [9.17, 15) is 4.79 Å². The Balaban J connectivity index is 1.50. The Hall–Kier alpha value is -2.99. The molecule has 1 N–H and O–H groups in total. The van der Waals surface area contributed by atoms with Gasteiger partial charge in [-0.05, 0) is 23.8 Å². The number of benzene rings is 2. The van der Waals surface area contributed by atoms with Gasteiger partial charge < -0.3 is 14.8 Å². The first-order valence-corrected chi connectivity index (χ1v) is 8.05. The molecule has 25 heavy (non-hydrogen) atoms. The minimum Gasteiger partial charge on any atom is -0.454 e. The van der Waals surface area contributed by atoms with Gasteiger partial charge in [0.2, 0.25) is 6.79 Å². The maximum atomic E-state index is 12.4. The van der Waals surface area contributed by atoms with Crippen LogP contribution in [0.15, 0.2) is 54.7 Å². The summed E-state index contributed by atoms with van der Waals surface area (Å²) < 4.78 is 12.2. The minimum atomic E-state index is -0.315. The Morgan fingerprint density at radius 2 is 1.96 bits per heavy atom. The summed E-state index contributed by atoms with van der Waals surface area (Å²) >= 11 is 6.19. The summed E-state index contributed by atoms with van der Waals surface area (Å²) in [4.78, 5) is 12.4. The van der Waals surface area contributed by atoms with Gasteiger partial charge in [-0.3, -0.25) is 9.48 Å². The quantitative estimate of drug-likeness (QED) is 0.777. The molecule has 0 fully saturated rings. The van der Waals surface area contributed by atoms with Gasteiger partial charge in [0, 0.05) is 11.8 Å². The third-order valence-corrected chi connectivity index (χ3v) is 4.05. The lowest BCUT2D eigenvalue weighted by molar-refractivity contribution is 0.102. The molecular formula is C18H14ClN3O3. The number of halogens is 1. The molecule has 0 bridgehead atoms. The van der Waals surface area contributed by atoms with Crippen LogP contribution in [0.4, 0.5) is 5.82 Å². The topological polar surface area (TPSA) is 65.4 Å². The summed E-state index contributed by atoms with van der Waals surface area (Å²) in [5, 5.41) is 7.44. The number of aromatic nitrogens is 2. The molecule has 0 atom stereocenters. The number of ether oxygens (including phenoxy) is 2. The summed E-state index contributed by atoms with van der Waals surface area (Å²) in [6, 6.07) is 14.9. The van der Waals surface area contributed by atoms with Crippen molar-refractivity contribution >= 4 is 23.3 Å². The standard InChI is InChI=1S/C18H14ClN3O3/c19-14-10-22(9-12-4-2-1-3-5-12)21-17(14)20-18(23)13-6-7-15-16(8-13)25-11-24-15/h1-8,10H,9,11H2,(H,20,21,23). The van der Waals surface area contributed by atoms with Crippen LogP contribution in [0.1, 0.15) is 15.9 Å².